The van der Waals surface area contributed by atoms with E-state index < -0.39 is 29.8 Å². The Hall–Kier alpha value is -3.38. The molecule has 0 saturated heterocycles. The number of nitro groups is 1. The van der Waals surface area contributed by atoms with E-state index in [0.717, 1.165) is 5.69 Å². The van der Waals surface area contributed by atoms with Gasteiger partial charge in [-0.2, -0.15) is 10.2 Å². The molecule has 0 aromatic heterocycles. The smallest absolute Gasteiger partial charge is 0.269 e. The van der Waals surface area contributed by atoms with Gasteiger partial charge in [0.25, 0.3) is 5.69 Å². The number of non-ortho nitro benzene ring substituents is 1. The summed E-state index contributed by atoms with van der Waals surface area (Å²) in [5.74, 6) is 0. The fraction of sp³-hybridized carbons (Fsp3) is 0.263. The van der Waals surface area contributed by atoms with Gasteiger partial charge < -0.3 is 20.4 Å². The molecular weight excluding hydrogens is 394 g/mol. The van der Waals surface area contributed by atoms with E-state index in [4.69, 9.17) is 5.11 Å². The molecule has 2 aromatic rings. The van der Waals surface area contributed by atoms with Crippen LogP contribution in [0.2, 0.25) is 0 Å². The Balaban J connectivity index is 2.24. The summed E-state index contributed by atoms with van der Waals surface area (Å²) in [6.07, 6.45) is -3.81. The molecule has 0 aliphatic rings. The first-order chi connectivity index (χ1) is 14.3. The van der Waals surface area contributed by atoms with Gasteiger partial charge in [-0.1, -0.05) is 18.2 Å². The SMILES string of the molecule is CN(/N=C\C(=N\Nc1ccc([N+](=O)[O-])cc1)[C@H](O)[C@H](O)[C@@H](O)CO)c1ccccc1. The second kappa shape index (κ2) is 11.0. The lowest BCUT2D eigenvalue weighted by Crippen LogP contribution is -2.44. The Morgan fingerprint density at radius 2 is 1.80 bits per heavy atom. The third-order valence-electron chi connectivity index (χ3n) is 4.09. The number of para-hydroxylation sites is 1. The average Bonchev–Trinajstić information content (AvgIpc) is 2.78. The maximum atomic E-state index is 10.7. The molecule has 160 valence electrons. The van der Waals surface area contributed by atoms with Gasteiger partial charge in [0.15, 0.2) is 0 Å². The van der Waals surface area contributed by atoms with Crippen LogP contribution in [-0.2, 0) is 0 Å². The standard InChI is InChI=1S/C19H23N5O6/c1-23(14-5-3-2-4-6-14)20-11-16(18(27)19(28)17(26)12-25)22-21-13-7-9-15(10-8-13)24(29)30/h2-11,17-19,21,25-28H,12H2,1H3/b20-11-,22-16-/t17-,18-,19+/m0/s1. The number of rotatable bonds is 10. The number of hydrogen-bond donors (Lipinski definition) is 5. The van der Waals surface area contributed by atoms with Crippen molar-refractivity contribution >= 4 is 29.0 Å². The highest BCUT2D eigenvalue weighted by Crippen LogP contribution is 2.16. The highest BCUT2D eigenvalue weighted by atomic mass is 16.6. The molecule has 0 fully saturated rings. The van der Waals surface area contributed by atoms with Crippen molar-refractivity contribution in [3.63, 3.8) is 0 Å². The zero-order valence-electron chi connectivity index (χ0n) is 16.1. The van der Waals surface area contributed by atoms with Gasteiger partial charge in [-0.05, 0) is 24.3 Å². The molecule has 0 saturated carbocycles. The first kappa shape index (κ1) is 22.9. The zero-order chi connectivity index (χ0) is 22.1. The van der Waals surface area contributed by atoms with Crippen molar-refractivity contribution in [1.29, 1.82) is 0 Å². The van der Waals surface area contributed by atoms with Crippen molar-refractivity contribution in [1.82, 2.24) is 0 Å². The molecule has 0 amide bonds. The minimum atomic E-state index is -1.72. The van der Waals surface area contributed by atoms with E-state index in [1.54, 1.807) is 7.05 Å². The van der Waals surface area contributed by atoms with Crippen LogP contribution in [0.5, 0.6) is 0 Å². The molecule has 0 heterocycles. The summed E-state index contributed by atoms with van der Waals surface area (Å²) in [5, 5.41) is 59.4. The van der Waals surface area contributed by atoms with Gasteiger partial charge in [0, 0.05) is 19.2 Å². The Morgan fingerprint density at radius 3 is 2.37 bits per heavy atom. The van der Waals surface area contributed by atoms with Crippen LogP contribution in [0.15, 0.2) is 64.8 Å². The summed E-state index contributed by atoms with van der Waals surface area (Å²) in [5.41, 5.74) is 3.50. The number of benzene rings is 2. The minimum Gasteiger partial charge on any atom is -0.394 e. The number of nitrogens with zero attached hydrogens (tertiary/aromatic N) is 4. The van der Waals surface area contributed by atoms with Crippen LogP contribution in [0.25, 0.3) is 0 Å². The molecule has 3 atom stereocenters. The van der Waals surface area contributed by atoms with Crippen LogP contribution in [-0.4, -0.2) is 69.2 Å². The van der Waals surface area contributed by atoms with Gasteiger partial charge in [0.05, 0.1) is 29.1 Å². The summed E-state index contributed by atoms with van der Waals surface area (Å²) >= 11 is 0. The van der Waals surface area contributed by atoms with Gasteiger partial charge in [0.1, 0.15) is 24.0 Å². The van der Waals surface area contributed by atoms with Crippen molar-refractivity contribution in [2.24, 2.45) is 10.2 Å². The van der Waals surface area contributed by atoms with E-state index in [1.807, 2.05) is 30.3 Å². The van der Waals surface area contributed by atoms with E-state index in [1.165, 1.54) is 35.5 Å². The van der Waals surface area contributed by atoms with Crippen LogP contribution in [0, 0.1) is 10.1 Å². The van der Waals surface area contributed by atoms with Crippen LogP contribution in [0.4, 0.5) is 17.1 Å². The maximum Gasteiger partial charge on any atom is 0.269 e. The predicted octanol–water partition coefficient (Wildman–Crippen LogP) is 0.560. The van der Waals surface area contributed by atoms with Crippen LogP contribution in [0.1, 0.15) is 0 Å². The molecular formula is C19H23N5O6. The Morgan fingerprint density at radius 1 is 1.17 bits per heavy atom. The van der Waals surface area contributed by atoms with Crippen LogP contribution >= 0.6 is 0 Å². The van der Waals surface area contributed by atoms with E-state index in [2.05, 4.69) is 15.6 Å². The van der Waals surface area contributed by atoms with E-state index in [9.17, 15) is 25.4 Å². The Labute approximate surface area is 172 Å². The largest absolute Gasteiger partial charge is 0.394 e. The zero-order valence-corrected chi connectivity index (χ0v) is 16.1. The molecule has 11 nitrogen and oxygen atoms in total. The number of nitrogens with one attached hydrogen (secondary N) is 1. The molecule has 0 aliphatic heterocycles. The molecule has 11 heteroatoms. The molecule has 2 rings (SSSR count). The van der Waals surface area contributed by atoms with Gasteiger partial charge in [0.2, 0.25) is 0 Å². The molecule has 0 aliphatic carbocycles. The number of hydrogen-bond acceptors (Lipinski definition) is 10. The highest BCUT2D eigenvalue weighted by molar-refractivity contribution is 6.33. The molecule has 0 spiro atoms. The average molecular weight is 417 g/mol. The summed E-state index contributed by atoms with van der Waals surface area (Å²) < 4.78 is 0. The normalized spacial score (nSPS) is 14.9. The molecule has 2 aromatic carbocycles. The van der Waals surface area contributed by atoms with Crippen molar-refractivity contribution in [3.05, 3.63) is 64.7 Å². The van der Waals surface area contributed by atoms with E-state index >= 15 is 0 Å². The maximum absolute atomic E-state index is 10.7. The van der Waals surface area contributed by atoms with Gasteiger partial charge >= 0.3 is 0 Å². The van der Waals surface area contributed by atoms with E-state index in [0.29, 0.717) is 5.69 Å². The van der Waals surface area contributed by atoms with Crippen molar-refractivity contribution in [2.75, 3.05) is 24.1 Å². The van der Waals surface area contributed by atoms with E-state index in [-0.39, 0.29) is 11.4 Å². The molecule has 5 N–H and O–H groups in total. The lowest BCUT2D eigenvalue weighted by Gasteiger charge is -2.21. The number of anilines is 2. The van der Waals surface area contributed by atoms with Crippen molar-refractivity contribution in [2.45, 2.75) is 18.3 Å². The first-order valence-electron chi connectivity index (χ1n) is 8.89. The Kier molecular flexibility index (Phi) is 8.38. The van der Waals surface area contributed by atoms with Crippen molar-refractivity contribution in [3.8, 4) is 0 Å². The minimum absolute atomic E-state index is 0.0997. The first-order valence-corrected chi connectivity index (χ1v) is 8.89. The predicted molar refractivity (Wildman–Crippen MR) is 113 cm³/mol. The second-order valence-electron chi connectivity index (χ2n) is 6.24. The van der Waals surface area contributed by atoms with Gasteiger partial charge in [-0.15, -0.1) is 0 Å². The third-order valence-corrected chi connectivity index (χ3v) is 4.09. The van der Waals surface area contributed by atoms with Gasteiger partial charge in [-0.3, -0.25) is 20.5 Å². The lowest BCUT2D eigenvalue weighted by molar-refractivity contribution is -0.384. The summed E-state index contributed by atoms with van der Waals surface area (Å²) in [6, 6.07) is 14.5. The van der Waals surface area contributed by atoms with Crippen LogP contribution < -0.4 is 10.4 Å². The quantitative estimate of drug-likeness (QED) is 0.213. The molecule has 0 unspecified atom stereocenters. The summed E-state index contributed by atoms with van der Waals surface area (Å²) in [4.78, 5) is 10.2. The number of aliphatic hydroxyl groups is 4. The van der Waals surface area contributed by atoms with Crippen molar-refractivity contribution < 1.29 is 25.3 Å². The summed E-state index contributed by atoms with van der Waals surface area (Å²) in [6.45, 7) is -0.762. The topological polar surface area (TPSA) is 164 Å². The van der Waals surface area contributed by atoms with Gasteiger partial charge in [-0.25, -0.2) is 0 Å². The lowest BCUT2D eigenvalue weighted by atomic mass is 10.0. The molecule has 0 bridgehead atoms. The van der Waals surface area contributed by atoms with Crippen LogP contribution in [0.3, 0.4) is 0 Å². The monoisotopic (exact) mass is 417 g/mol. The molecule has 0 radical (unpaired) electrons. The fourth-order valence-electron chi connectivity index (χ4n) is 2.31. The number of nitro benzene ring substituents is 1. The number of hydrazone groups is 2. The summed E-state index contributed by atoms with van der Waals surface area (Å²) in [7, 11) is 1.67. The fourth-order valence-corrected chi connectivity index (χ4v) is 2.31. The highest BCUT2D eigenvalue weighted by Gasteiger charge is 2.28. The second-order valence-corrected chi connectivity index (χ2v) is 6.24. The third kappa shape index (κ3) is 6.32. The Bertz CT molecular complexity index is 875. The molecule has 30 heavy (non-hydrogen) atoms. The number of aliphatic hydroxyl groups excluding tert-OH is 4.